The van der Waals surface area contributed by atoms with E-state index in [4.69, 9.17) is 18.6 Å². The fourth-order valence-corrected chi connectivity index (χ4v) is 5.55. The molecule has 4 rings (SSSR count). The van der Waals surface area contributed by atoms with Gasteiger partial charge in [-0.05, 0) is 33.0 Å². The lowest BCUT2D eigenvalue weighted by molar-refractivity contribution is -0.158. The molecule has 9 heteroatoms. The molecule has 1 aromatic rings. The monoisotopic (exact) mass is 485 g/mol. The molecule has 0 aromatic heterocycles. The van der Waals surface area contributed by atoms with Gasteiger partial charge in [-0.3, -0.25) is 14.4 Å². The third-order valence-electron chi connectivity index (χ3n) is 6.21. The minimum absolute atomic E-state index is 0.230. The maximum absolute atomic E-state index is 13.7. The number of epoxide rings is 1. The minimum Gasteiger partial charge on any atom is -0.467 e. The van der Waals surface area contributed by atoms with Gasteiger partial charge in [0, 0.05) is 18.2 Å². The zero-order valence-corrected chi connectivity index (χ0v) is 21.3. The number of hydrogen-bond acceptors (Lipinski definition) is 7. The van der Waals surface area contributed by atoms with Crippen molar-refractivity contribution in [2.24, 2.45) is 0 Å². The summed E-state index contributed by atoms with van der Waals surface area (Å²) in [5.41, 5.74) is -3.41. The van der Waals surface area contributed by atoms with Gasteiger partial charge in [0.15, 0.2) is 14.4 Å². The second-order valence-corrected chi connectivity index (χ2v) is 14.2. The zero-order chi connectivity index (χ0) is 24.9. The summed E-state index contributed by atoms with van der Waals surface area (Å²) < 4.78 is 24.0. The second kappa shape index (κ2) is 8.57. The molecule has 0 unspecified atom stereocenters. The van der Waals surface area contributed by atoms with E-state index in [0.717, 1.165) is 6.42 Å². The van der Waals surface area contributed by atoms with E-state index in [1.807, 2.05) is 38.7 Å². The molecule has 34 heavy (non-hydrogen) atoms. The molecule has 1 spiro atoms. The number of rotatable bonds is 8. The average Bonchev–Trinajstić information content (AvgIpc) is 3.47. The Hall–Kier alpha value is -2.59. The quantitative estimate of drug-likeness (QED) is 0.199. The lowest BCUT2D eigenvalue weighted by Gasteiger charge is -2.39. The molecule has 0 aliphatic carbocycles. The Labute approximate surface area is 200 Å². The number of nitrogens with one attached hydrogen (secondary N) is 1. The number of Topliss-reactive ketones (excluding diaryl/α,β-unsaturated/α-hetero) is 2. The normalized spacial score (nSPS) is 33.1. The molecule has 0 radical (unpaired) electrons. The maximum Gasteiger partial charge on any atom is 0.278 e. The minimum atomic E-state index is -2.43. The van der Waals surface area contributed by atoms with Crippen LogP contribution in [0, 0.1) is 0 Å². The van der Waals surface area contributed by atoms with E-state index < -0.39 is 49.3 Å². The van der Waals surface area contributed by atoms with Crippen molar-refractivity contribution >= 4 is 25.8 Å². The van der Waals surface area contributed by atoms with Crippen LogP contribution in [0.5, 0.6) is 0 Å². The van der Waals surface area contributed by atoms with Crippen molar-refractivity contribution in [2.75, 3.05) is 7.11 Å². The smallest absolute Gasteiger partial charge is 0.278 e. The average molecular weight is 486 g/mol. The van der Waals surface area contributed by atoms with Gasteiger partial charge < -0.3 is 24.0 Å². The molecular formula is C25H31NO7Si. The summed E-state index contributed by atoms with van der Waals surface area (Å²) in [6.45, 7) is 9.35. The van der Waals surface area contributed by atoms with Gasteiger partial charge in [-0.2, -0.15) is 0 Å². The number of carbonyl (C=O) groups excluding carboxylic acids is 3. The number of allylic oxidation sites excluding steroid dienone is 1. The molecule has 3 aliphatic heterocycles. The Morgan fingerprint density at radius 3 is 2.47 bits per heavy atom. The first kappa shape index (κ1) is 24.5. The highest BCUT2D eigenvalue weighted by Gasteiger charge is 2.76. The Morgan fingerprint density at radius 2 is 1.88 bits per heavy atom. The van der Waals surface area contributed by atoms with Gasteiger partial charge in [0.1, 0.15) is 18.0 Å². The predicted molar refractivity (Wildman–Crippen MR) is 126 cm³/mol. The molecule has 8 nitrogen and oxygen atoms in total. The lowest BCUT2D eigenvalue weighted by Crippen LogP contribution is -2.64. The lowest BCUT2D eigenvalue weighted by atomic mass is 9.85. The first-order valence-corrected chi connectivity index (χ1v) is 14.8. The summed E-state index contributed by atoms with van der Waals surface area (Å²) >= 11 is 0. The SMILES string of the molecule is CC/C=C\[C@H]1O[C@@H]1C1=C(C)C(=O)[C@]2(O1)C(=O)N[C@@](OC)(C(=O)c1ccccc1)[C@@H]2O[Si](C)(C)C. The van der Waals surface area contributed by atoms with Crippen molar-refractivity contribution < 1.29 is 33.0 Å². The van der Waals surface area contributed by atoms with Crippen molar-refractivity contribution in [1.82, 2.24) is 5.32 Å². The third-order valence-corrected chi connectivity index (χ3v) is 7.15. The summed E-state index contributed by atoms with van der Waals surface area (Å²) in [5.74, 6) is -1.52. The highest BCUT2D eigenvalue weighted by Crippen LogP contribution is 2.49. The standard InChI is InChI=1S/C25H31NO7Si/c1-7-8-14-17-19(31-17)18-15(2)20(27)24(32-18)22(33-34(4,5)6)25(30-3,26-23(24)29)21(28)16-12-10-9-11-13-16/h8-14,17,19,22H,7H2,1-6H3,(H,26,29)/b14-8-/t17-,19+,22-,24-,25-/m1/s1. The van der Waals surface area contributed by atoms with Gasteiger partial charge in [0.05, 0.1) is 0 Å². The third kappa shape index (κ3) is 3.76. The summed E-state index contributed by atoms with van der Waals surface area (Å²) in [6.07, 6.45) is 2.70. The Bertz CT molecular complexity index is 1080. The summed E-state index contributed by atoms with van der Waals surface area (Å²) in [6, 6.07) is 8.46. The van der Waals surface area contributed by atoms with Crippen LogP contribution in [0.2, 0.25) is 19.6 Å². The molecule has 2 saturated heterocycles. The molecular weight excluding hydrogens is 454 g/mol. The summed E-state index contributed by atoms with van der Waals surface area (Å²) in [7, 11) is -1.11. The first-order chi connectivity index (χ1) is 16.0. The molecule has 3 aliphatic rings. The molecule has 1 aromatic carbocycles. The van der Waals surface area contributed by atoms with E-state index in [2.05, 4.69) is 5.32 Å². The van der Waals surface area contributed by atoms with E-state index in [1.54, 1.807) is 37.3 Å². The topological polar surface area (TPSA) is 103 Å². The number of ether oxygens (including phenoxy) is 3. The van der Waals surface area contributed by atoms with Crippen LogP contribution in [-0.4, -0.2) is 62.5 Å². The molecule has 0 bridgehead atoms. The van der Waals surface area contributed by atoms with Crippen LogP contribution in [0.1, 0.15) is 30.6 Å². The van der Waals surface area contributed by atoms with Gasteiger partial charge in [-0.25, -0.2) is 0 Å². The highest BCUT2D eigenvalue weighted by molar-refractivity contribution is 6.69. The van der Waals surface area contributed by atoms with Crippen molar-refractivity contribution in [1.29, 1.82) is 0 Å². The first-order valence-electron chi connectivity index (χ1n) is 11.4. The molecule has 1 amide bonds. The number of ketones is 2. The largest absolute Gasteiger partial charge is 0.467 e. The van der Waals surface area contributed by atoms with Crippen LogP contribution in [0.4, 0.5) is 0 Å². The second-order valence-electron chi connectivity index (χ2n) is 9.71. The molecule has 2 fully saturated rings. The number of benzene rings is 1. The van der Waals surface area contributed by atoms with Crippen molar-refractivity contribution in [3.05, 3.63) is 59.4 Å². The van der Waals surface area contributed by atoms with E-state index in [1.165, 1.54) is 7.11 Å². The Morgan fingerprint density at radius 1 is 1.21 bits per heavy atom. The summed E-state index contributed by atoms with van der Waals surface area (Å²) in [5, 5.41) is 2.66. The van der Waals surface area contributed by atoms with Crippen LogP contribution in [0.3, 0.4) is 0 Å². The van der Waals surface area contributed by atoms with Crippen LogP contribution in [0.15, 0.2) is 53.8 Å². The number of amides is 1. The molecule has 182 valence electrons. The van der Waals surface area contributed by atoms with E-state index in [-0.39, 0.29) is 11.7 Å². The number of methoxy groups -OCH3 is 1. The van der Waals surface area contributed by atoms with Crippen molar-refractivity contribution in [2.45, 2.75) is 69.5 Å². The number of hydrogen-bond donors (Lipinski definition) is 1. The zero-order valence-electron chi connectivity index (χ0n) is 20.3. The van der Waals surface area contributed by atoms with E-state index >= 15 is 0 Å². The van der Waals surface area contributed by atoms with Gasteiger partial charge in [0.2, 0.25) is 17.3 Å². The predicted octanol–water partition coefficient (Wildman–Crippen LogP) is 2.91. The maximum atomic E-state index is 13.7. The molecule has 1 N–H and O–H groups in total. The summed E-state index contributed by atoms with van der Waals surface area (Å²) in [4.78, 5) is 41.0. The highest BCUT2D eigenvalue weighted by atomic mass is 28.4. The van der Waals surface area contributed by atoms with Gasteiger partial charge in [-0.1, -0.05) is 49.4 Å². The Kier molecular flexibility index (Phi) is 6.18. The van der Waals surface area contributed by atoms with Gasteiger partial charge >= 0.3 is 0 Å². The van der Waals surface area contributed by atoms with E-state index in [0.29, 0.717) is 11.3 Å². The van der Waals surface area contributed by atoms with Gasteiger partial charge in [-0.15, -0.1) is 0 Å². The fourth-order valence-electron chi connectivity index (χ4n) is 4.51. The van der Waals surface area contributed by atoms with Crippen LogP contribution in [-0.2, 0) is 28.2 Å². The molecule has 0 saturated carbocycles. The molecule has 5 atom stereocenters. The number of carbonyl (C=O) groups is 3. The van der Waals surface area contributed by atoms with Gasteiger partial charge in [0.25, 0.3) is 11.5 Å². The van der Waals surface area contributed by atoms with Crippen LogP contribution in [0.25, 0.3) is 0 Å². The molecule has 3 heterocycles. The Balaban J connectivity index is 1.78. The van der Waals surface area contributed by atoms with E-state index in [9.17, 15) is 14.4 Å². The van der Waals surface area contributed by atoms with Crippen LogP contribution >= 0.6 is 0 Å². The fraction of sp³-hybridized carbons (Fsp3) is 0.480. The van der Waals surface area contributed by atoms with Crippen LogP contribution < -0.4 is 5.32 Å². The van der Waals surface area contributed by atoms with Crippen molar-refractivity contribution in [3.8, 4) is 0 Å². The van der Waals surface area contributed by atoms with Crippen molar-refractivity contribution in [3.63, 3.8) is 0 Å².